The fourth-order valence-corrected chi connectivity index (χ4v) is 2.83. The van der Waals surface area contributed by atoms with Crippen LogP contribution in [0.15, 0.2) is 4.99 Å². The molecule has 1 saturated carbocycles. The van der Waals surface area contributed by atoms with Gasteiger partial charge in [-0.1, -0.05) is 0 Å². The zero-order valence-corrected chi connectivity index (χ0v) is 14.6. The molecular weight excluding hydrogens is 294 g/mol. The second-order valence-corrected chi connectivity index (χ2v) is 6.36. The summed E-state index contributed by atoms with van der Waals surface area (Å²) >= 11 is 0. The Morgan fingerprint density at radius 2 is 2.00 bits per heavy atom. The van der Waals surface area contributed by atoms with Gasteiger partial charge in [0, 0.05) is 39.9 Å². The Kier molecular flexibility index (Phi) is 7.65. The monoisotopic (exact) mass is 325 g/mol. The highest BCUT2D eigenvalue weighted by Crippen LogP contribution is 2.28. The molecule has 132 valence electrons. The molecule has 1 heterocycles. The first kappa shape index (κ1) is 18.0. The molecule has 0 bridgehead atoms. The molecule has 0 amide bonds. The number of ether oxygens (including phenoxy) is 2. The van der Waals surface area contributed by atoms with Crippen molar-refractivity contribution in [3.63, 3.8) is 0 Å². The van der Waals surface area contributed by atoms with Crippen LogP contribution in [0.2, 0.25) is 0 Å². The van der Waals surface area contributed by atoms with Gasteiger partial charge in [0.1, 0.15) is 0 Å². The highest BCUT2D eigenvalue weighted by molar-refractivity contribution is 5.80. The minimum atomic E-state index is -0.0529. The van der Waals surface area contributed by atoms with Crippen molar-refractivity contribution in [2.24, 2.45) is 16.8 Å². The summed E-state index contributed by atoms with van der Waals surface area (Å²) in [5.74, 6) is 1.74. The molecule has 0 radical (unpaired) electrons. The number of esters is 1. The molecule has 6 nitrogen and oxygen atoms in total. The molecule has 2 fully saturated rings. The molecular formula is C17H31N3O3. The van der Waals surface area contributed by atoms with Crippen molar-refractivity contribution in [3.8, 4) is 0 Å². The van der Waals surface area contributed by atoms with Gasteiger partial charge in [-0.3, -0.25) is 9.79 Å². The van der Waals surface area contributed by atoms with Crippen LogP contribution in [-0.4, -0.2) is 63.3 Å². The molecule has 2 aliphatic rings. The minimum Gasteiger partial charge on any atom is -0.466 e. The lowest BCUT2D eigenvalue weighted by molar-refractivity contribution is -0.149. The fraction of sp³-hybridized carbons (Fsp3) is 0.882. The Bertz CT molecular complexity index is 389. The van der Waals surface area contributed by atoms with Crippen molar-refractivity contribution >= 4 is 11.9 Å². The van der Waals surface area contributed by atoms with Crippen molar-refractivity contribution < 1.29 is 14.3 Å². The van der Waals surface area contributed by atoms with Gasteiger partial charge in [-0.05, 0) is 44.9 Å². The van der Waals surface area contributed by atoms with E-state index in [4.69, 9.17) is 9.47 Å². The molecule has 23 heavy (non-hydrogen) atoms. The molecule has 0 aromatic rings. The van der Waals surface area contributed by atoms with Crippen molar-refractivity contribution in [2.45, 2.75) is 39.0 Å². The van der Waals surface area contributed by atoms with E-state index in [9.17, 15) is 4.79 Å². The highest BCUT2D eigenvalue weighted by Gasteiger charge is 2.27. The van der Waals surface area contributed by atoms with Crippen LogP contribution in [0.25, 0.3) is 0 Å². The molecule has 1 aliphatic heterocycles. The standard InChI is InChI=1S/C17H31N3O3/c1-3-23-16(21)15-7-10-20(11-8-15)17(18-2)19-9-4-12-22-13-14-5-6-14/h14-15H,3-13H2,1-2H3,(H,18,19). The molecule has 0 unspecified atom stereocenters. The van der Waals surface area contributed by atoms with E-state index in [1.165, 1.54) is 12.8 Å². The van der Waals surface area contributed by atoms with E-state index in [1.54, 1.807) is 0 Å². The lowest BCUT2D eigenvalue weighted by Gasteiger charge is -2.33. The Balaban J connectivity index is 1.59. The van der Waals surface area contributed by atoms with Crippen LogP contribution in [-0.2, 0) is 14.3 Å². The zero-order valence-electron chi connectivity index (χ0n) is 14.6. The van der Waals surface area contributed by atoms with Gasteiger partial charge < -0.3 is 19.7 Å². The van der Waals surface area contributed by atoms with Crippen LogP contribution < -0.4 is 5.32 Å². The molecule has 0 aromatic heterocycles. The second kappa shape index (κ2) is 9.75. The fourth-order valence-electron chi connectivity index (χ4n) is 2.83. The van der Waals surface area contributed by atoms with E-state index in [1.807, 2.05) is 14.0 Å². The first-order valence-electron chi connectivity index (χ1n) is 8.94. The van der Waals surface area contributed by atoms with E-state index in [0.717, 1.165) is 64.0 Å². The molecule has 0 atom stereocenters. The summed E-state index contributed by atoms with van der Waals surface area (Å²) in [6.45, 7) is 6.62. The number of guanidine groups is 1. The van der Waals surface area contributed by atoms with E-state index in [-0.39, 0.29) is 11.9 Å². The Labute approximate surface area is 139 Å². The molecule has 0 aromatic carbocycles. The molecule has 1 N–H and O–H groups in total. The largest absolute Gasteiger partial charge is 0.466 e. The number of hydrogen-bond donors (Lipinski definition) is 1. The summed E-state index contributed by atoms with van der Waals surface area (Å²) in [4.78, 5) is 18.3. The SMILES string of the molecule is CCOC(=O)C1CCN(C(=NC)NCCCOCC2CC2)CC1. The molecule has 0 spiro atoms. The number of aliphatic imine (C=N–C) groups is 1. The number of nitrogens with one attached hydrogen (secondary N) is 1. The minimum absolute atomic E-state index is 0.0418. The van der Waals surface area contributed by atoms with E-state index in [0.29, 0.717) is 6.61 Å². The van der Waals surface area contributed by atoms with Gasteiger partial charge in [-0.15, -0.1) is 0 Å². The lowest BCUT2D eigenvalue weighted by Crippen LogP contribution is -2.47. The average Bonchev–Trinajstić information content (AvgIpc) is 3.39. The summed E-state index contributed by atoms with van der Waals surface area (Å²) in [7, 11) is 1.81. The quantitative estimate of drug-likeness (QED) is 0.318. The number of carbonyl (C=O) groups excluding carboxylic acids is 1. The summed E-state index contributed by atoms with van der Waals surface area (Å²) < 4.78 is 10.7. The third kappa shape index (κ3) is 6.37. The van der Waals surface area contributed by atoms with E-state index in [2.05, 4.69) is 15.2 Å². The predicted octanol–water partition coefficient (Wildman–Crippen LogP) is 1.65. The van der Waals surface area contributed by atoms with Gasteiger partial charge >= 0.3 is 5.97 Å². The predicted molar refractivity (Wildman–Crippen MR) is 90.5 cm³/mol. The number of nitrogens with zero attached hydrogens (tertiary/aromatic N) is 2. The zero-order chi connectivity index (χ0) is 16.5. The number of carbonyl (C=O) groups is 1. The average molecular weight is 325 g/mol. The third-order valence-corrected chi connectivity index (χ3v) is 4.43. The first-order valence-corrected chi connectivity index (χ1v) is 8.94. The van der Waals surface area contributed by atoms with Crippen LogP contribution >= 0.6 is 0 Å². The van der Waals surface area contributed by atoms with Crippen LogP contribution in [0.1, 0.15) is 39.0 Å². The van der Waals surface area contributed by atoms with Gasteiger partial charge in [0.15, 0.2) is 5.96 Å². The molecule has 1 aliphatic carbocycles. The Morgan fingerprint density at radius 1 is 1.26 bits per heavy atom. The second-order valence-electron chi connectivity index (χ2n) is 6.36. The third-order valence-electron chi connectivity index (χ3n) is 4.43. The maximum atomic E-state index is 11.8. The molecule has 2 rings (SSSR count). The molecule has 6 heteroatoms. The normalized spacial score (nSPS) is 19.7. The summed E-state index contributed by atoms with van der Waals surface area (Å²) in [6, 6.07) is 0. The maximum Gasteiger partial charge on any atom is 0.309 e. The molecule has 1 saturated heterocycles. The maximum absolute atomic E-state index is 11.8. The topological polar surface area (TPSA) is 63.2 Å². The number of piperidine rings is 1. The van der Waals surface area contributed by atoms with Gasteiger partial charge in [0.2, 0.25) is 0 Å². The van der Waals surface area contributed by atoms with Crippen LogP contribution in [0.4, 0.5) is 0 Å². The highest BCUT2D eigenvalue weighted by atomic mass is 16.5. The Morgan fingerprint density at radius 3 is 2.61 bits per heavy atom. The van der Waals surface area contributed by atoms with Crippen LogP contribution in [0, 0.1) is 11.8 Å². The van der Waals surface area contributed by atoms with Gasteiger partial charge in [0.05, 0.1) is 12.5 Å². The van der Waals surface area contributed by atoms with Crippen molar-refractivity contribution in [3.05, 3.63) is 0 Å². The number of rotatable bonds is 8. The smallest absolute Gasteiger partial charge is 0.309 e. The summed E-state index contributed by atoms with van der Waals surface area (Å²) in [5.41, 5.74) is 0. The van der Waals surface area contributed by atoms with Crippen molar-refractivity contribution in [1.29, 1.82) is 0 Å². The van der Waals surface area contributed by atoms with Crippen molar-refractivity contribution in [2.75, 3.05) is 46.5 Å². The van der Waals surface area contributed by atoms with E-state index < -0.39 is 0 Å². The van der Waals surface area contributed by atoms with E-state index >= 15 is 0 Å². The van der Waals surface area contributed by atoms with Crippen molar-refractivity contribution in [1.82, 2.24) is 10.2 Å². The first-order chi connectivity index (χ1) is 11.2. The van der Waals surface area contributed by atoms with Gasteiger partial charge in [0.25, 0.3) is 0 Å². The van der Waals surface area contributed by atoms with Crippen LogP contribution in [0.3, 0.4) is 0 Å². The summed E-state index contributed by atoms with van der Waals surface area (Å²) in [6.07, 6.45) is 5.35. The lowest BCUT2D eigenvalue weighted by atomic mass is 9.97. The number of hydrogen-bond acceptors (Lipinski definition) is 4. The van der Waals surface area contributed by atoms with Crippen LogP contribution in [0.5, 0.6) is 0 Å². The summed E-state index contributed by atoms with van der Waals surface area (Å²) in [5, 5.41) is 3.39. The van der Waals surface area contributed by atoms with Gasteiger partial charge in [-0.25, -0.2) is 0 Å². The van der Waals surface area contributed by atoms with Gasteiger partial charge in [-0.2, -0.15) is 0 Å². The Hall–Kier alpha value is -1.30. The number of likely N-dealkylation sites (tertiary alicyclic amines) is 1.